The smallest absolute Gasteiger partial charge is 0.482 e. The van der Waals surface area contributed by atoms with Crippen molar-refractivity contribution in [2.75, 3.05) is 13.7 Å². The van der Waals surface area contributed by atoms with Gasteiger partial charge in [-0.2, -0.15) is 18.4 Å². The lowest BCUT2D eigenvalue weighted by Crippen LogP contribution is -2.21. The lowest BCUT2D eigenvalue weighted by molar-refractivity contribution is -0.192. The first-order valence-corrected chi connectivity index (χ1v) is 11.9. The number of carboxylic acid groups (broad SMARTS) is 1. The van der Waals surface area contributed by atoms with Crippen LogP contribution in [0.3, 0.4) is 0 Å². The van der Waals surface area contributed by atoms with Crippen LogP contribution in [0.4, 0.5) is 13.2 Å². The van der Waals surface area contributed by atoms with Gasteiger partial charge in [-0.15, -0.1) is 0 Å². The summed E-state index contributed by atoms with van der Waals surface area (Å²) in [6.07, 6.45) is -4.39. The zero-order chi connectivity index (χ0) is 28.0. The molecule has 4 rings (SSSR count). The molecule has 0 bridgehead atoms. The van der Waals surface area contributed by atoms with E-state index in [9.17, 15) is 18.4 Å². The molecule has 4 aromatic rings. The van der Waals surface area contributed by atoms with Gasteiger partial charge in [0.15, 0.2) is 5.88 Å². The summed E-state index contributed by atoms with van der Waals surface area (Å²) in [6, 6.07) is 21.7. The summed E-state index contributed by atoms with van der Waals surface area (Å²) in [7, 11) is 1.68. The lowest BCUT2D eigenvalue weighted by atomic mass is 10.00. The molecule has 0 aliphatic rings. The molecule has 0 spiro atoms. The van der Waals surface area contributed by atoms with Gasteiger partial charge in [0.25, 0.3) is 0 Å². The maximum absolute atomic E-state index is 10.6. The molecule has 1 heterocycles. The van der Waals surface area contributed by atoms with Gasteiger partial charge in [-0.25, -0.2) is 4.79 Å². The number of nitrogens with two attached hydrogens (primary N) is 1. The quantitative estimate of drug-likeness (QED) is 0.272. The maximum Gasteiger partial charge on any atom is 0.490 e. The summed E-state index contributed by atoms with van der Waals surface area (Å²) in [5.74, 6) is -1.97. The number of alkyl halides is 3. The first-order chi connectivity index (χ1) is 18.0. The molecule has 198 valence electrons. The highest BCUT2D eigenvalue weighted by Gasteiger charge is 2.38. The van der Waals surface area contributed by atoms with Gasteiger partial charge < -0.3 is 20.1 Å². The first-order valence-electron chi connectivity index (χ1n) is 11.1. The van der Waals surface area contributed by atoms with Gasteiger partial charge in [-0.05, 0) is 66.1 Å². The van der Waals surface area contributed by atoms with E-state index in [1.165, 1.54) is 0 Å². The molecule has 0 aliphatic carbocycles. The van der Waals surface area contributed by atoms with E-state index in [4.69, 9.17) is 43.6 Å². The molecule has 0 radical (unpaired) electrons. The number of nitrogens with zero attached hydrogens (tertiary/aromatic N) is 2. The number of rotatable bonds is 6. The second kappa shape index (κ2) is 12.2. The summed E-state index contributed by atoms with van der Waals surface area (Å²) >= 11 is 12.3. The standard InChI is InChI=1S/C25H21Cl2N3O.C2HF3O2/c1-31-25-20(9-10-28)21-13-19(18-4-2-3-16(11-18)14-29)6-8-24(21)30(25)15-17-5-7-22(26)23(27)12-17;3-2(4,5)1(6)7/h2-8,11-13H,9-10,15,28H2,1H3;(H,6,7). The molecule has 0 unspecified atom stereocenters. The third kappa shape index (κ3) is 6.58. The number of benzene rings is 3. The molecule has 0 saturated heterocycles. The van der Waals surface area contributed by atoms with E-state index < -0.39 is 12.1 Å². The summed E-state index contributed by atoms with van der Waals surface area (Å²) < 4.78 is 39.7. The Morgan fingerprint density at radius 1 is 1.08 bits per heavy atom. The summed E-state index contributed by atoms with van der Waals surface area (Å²) in [6.45, 7) is 1.10. The highest BCUT2D eigenvalue weighted by atomic mass is 35.5. The lowest BCUT2D eigenvalue weighted by Gasteiger charge is -2.12. The Labute approximate surface area is 226 Å². The molecule has 6 nitrogen and oxygen atoms in total. The van der Waals surface area contributed by atoms with Gasteiger partial charge >= 0.3 is 12.1 Å². The Hall–Kier alpha value is -3.71. The van der Waals surface area contributed by atoms with Crippen molar-refractivity contribution in [2.45, 2.75) is 19.1 Å². The normalized spacial score (nSPS) is 11.0. The van der Waals surface area contributed by atoms with E-state index in [2.05, 4.69) is 28.8 Å². The number of nitriles is 1. The second-order valence-corrected chi connectivity index (χ2v) is 8.90. The third-order valence-corrected chi connectivity index (χ3v) is 6.33. The monoisotopic (exact) mass is 563 g/mol. The van der Waals surface area contributed by atoms with Gasteiger partial charge in [0.05, 0.1) is 40.8 Å². The average Bonchev–Trinajstić information content (AvgIpc) is 3.17. The van der Waals surface area contributed by atoms with E-state index in [0.717, 1.165) is 39.0 Å². The highest BCUT2D eigenvalue weighted by Crippen LogP contribution is 2.36. The van der Waals surface area contributed by atoms with Crippen molar-refractivity contribution in [3.8, 4) is 23.1 Å². The number of fused-ring (bicyclic) bond motifs is 1. The van der Waals surface area contributed by atoms with Crippen molar-refractivity contribution >= 4 is 40.1 Å². The van der Waals surface area contributed by atoms with Crippen LogP contribution in [0.25, 0.3) is 22.0 Å². The van der Waals surface area contributed by atoms with Crippen LogP contribution in [0.1, 0.15) is 16.7 Å². The zero-order valence-corrected chi connectivity index (χ0v) is 21.5. The van der Waals surface area contributed by atoms with E-state index in [-0.39, 0.29) is 0 Å². The van der Waals surface area contributed by atoms with Crippen LogP contribution in [-0.2, 0) is 17.8 Å². The molecular formula is C27H22Cl2F3N3O3. The van der Waals surface area contributed by atoms with Crippen LogP contribution >= 0.6 is 23.2 Å². The number of ether oxygens (including phenoxy) is 1. The van der Waals surface area contributed by atoms with Crippen molar-refractivity contribution in [3.05, 3.63) is 87.4 Å². The number of hydrogen-bond acceptors (Lipinski definition) is 4. The van der Waals surface area contributed by atoms with E-state index in [1.54, 1.807) is 19.2 Å². The molecule has 3 aromatic carbocycles. The number of carbonyl (C=O) groups is 1. The van der Waals surface area contributed by atoms with Crippen LogP contribution in [0, 0.1) is 11.3 Å². The number of hydrogen-bond donors (Lipinski definition) is 2. The fourth-order valence-electron chi connectivity index (χ4n) is 3.95. The molecule has 0 amide bonds. The van der Waals surface area contributed by atoms with Gasteiger partial charge in [0, 0.05) is 10.9 Å². The summed E-state index contributed by atoms with van der Waals surface area (Å²) in [5.41, 5.74) is 11.7. The van der Waals surface area contributed by atoms with Crippen molar-refractivity contribution in [1.82, 2.24) is 4.57 Å². The molecule has 1 aromatic heterocycles. The Kier molecular flexibility index (Phi) is 9.28. The Morgan fingerprint density at radius 3 is 2.34 bits per heavy atom. The first kappa shape index (κ1) is 28.9. The minimum atomic E-state index is -5.08. The molecule has 3 N–H and O–H groups in total. The topological polar surface area (TPSA) is 101 Å². The van der Waals surface area contributed by atoms with E-state index >= 15 is 0 Å². The van der Waals surface area contributed by atoms with Gasteiger partial charge in [0.1, 0.15) is 0 Å². The Bertz CT molecular complexity index is 1510. The number of carboxylic acids is 1. The second-order valence-electron chi connectivity index (χ2n) is 8.09. The Morgan fingerprint density at radius 2 is 1.76 bits per heavy atom. The minimum absolute atomic E-state index is 0.510. The van der Waals surface area contributed by atoms with Crippen LogP contribution in [0.15, 0.2) is 60.7 Å². The fourth-order valence-corrected chi connectivity index (χ4v) is 4.27. The van der Waals surface area contributed by atoms with Gasteiger partial charge in [-0.3, -0.25) is 0 Å². The zero-order valence-electron chi connectivity index (χ0n) is 20.0. The average molecular weight is 564 g/mol. The number of aliphatic carboxylic acids is 1. The number of methoxy groups -OCH3 is 1. The SMILES string of the molecule is COc1c(CCN)c2cc(-c3cccc(C#N)c3)ccc2n1Cc1ccc(Cl)c(Cl)c1.O=C(O)C(F)(F)F. The van der Waals surface area contributed by atoms with Crippen molar-refractivity contribution in [3.63, 3.8) is 0 Å². The van der Waals surface area contributed by atoms with Crippen LogP contribution in [0.5, 0.6) is 5.88 Å². The van der Waals surface area contributed by atoms with Crippen molar-refractivity contribution in [1.29, 1.82) is 5.26 Å². The number of aromatic nitrogens is 1. The molecule has 38 heavy (non-hydrogen) atoms. The summed E-state index contributed by atoms with van der Waals surface area (Å²) in [4.78, 5) is 8.90. The molecule has 0 aliphatic heterocycles. The Balaban J connectivity index is 0.000000505. The molecule has 0 atom stereocenters. The van der Waals surface area contributed by atoms with Crippen molar-refractivity contribution < 1.29 is 27.8 Å². The van der Waals surface area contributed by atoms with Crippen molar-refractivity contribution in [2.24, 2.45) is 5.73 Å². The summed E-state index contributed by atoms with van der Waals surface area (Å²) in [5, 5.41) is 18.5. The predicted octanol–water partition coefficient (Wildman–Crippen LogP) is 6.68. The largest absolute Gasteiger partial charge is 0.490 e. The molecule has 0 fully saturated rings. The third-order valence-electron chi connectivity index (χ3n) is 5.60. The fraction of sp³-hybridized carbons (Fsp3) is 0.185. The van der Waals surface area contributed by atoms with Crippen LogP contribution in [0.2, 0.25) is 10.0 Å². The molecule has 0 saturated carbocycles. The van der Waals surface area contributed by atoms with Gasteiger partial charge in [-0.1, -0.05) is 47.5 Å². The van der Waals surface area contributed by atoms with E-state index in [1.807, 2.05) is 30.3 Å². The predicted molar refractivity (Wildman–Crippen MR) is 141 cm³/mol. The molecule has 11 heteroatoms. The van der Waals surface area contributed by atoms with E-state index in [0.29, 0.717) is 35.1 Å². The maximum atomic E-state index is 10.6. The van der Waals surface area contributed by atoms with Crippen LogP contribution < -0.4 is 10.5 Å². The van der Waals surface area contributed by atoms with Crippen LogP contribution in [-0.4, -0.2) is 35.5 Å². The number of halogens is 5. The van der Waals surface area contributed by atoms with Gasteiger partial charge in [0.2, 0.25) is 0 Å². The highest BCUT2D eigenvalue weighted by molar-refractivity contribution is 6.42. The minimum Gasteiger partial charge on any atom is -0.482 e. The molecular weight excluding hydrogens is 542 g/mol.